The number of imidazole rings is 2. The van der Waals surface area contributed by atoms with Gasteiger partial charge in [-0.25, -0.2) is 4.79 Å². The van der Waals surface area contributed by atoms with Gasteiger partial charge in [0, 0.05) is 24.5 Å². The summed E-state index contributed by atoms with van der Waals surface area (Å²) in [6, 6.07) is 9.73. The van der Waals surface area contributed by atoms with E-state index < -0.39 is 0 Å². The van der Waals surface area contributed by atoms with Crippen LogP contribution in [-0.4, -0.2) is 23.1 Å². The maximum atomic E-state index is 13.3. The molecule has 0 unspecified atom stereocenters. The van der Waals surface area contributed by atoms with Crippen LogP contribution in [0.1, 0.15) is 36.8 Å². The van der Waals surface area contributed by atoms with E-state index in [2.05, 4.69) is 23.4 Å². The van der Waals surface area contributed by atoms with Crippen molar-refractivity contribution in [3.8, 4) is 0 Å². The van der Waals surface area contributed by atoms with Crippen LogP contribution in [0, 0.1) is 13.8 Å². The fraction of sp³-hybridized carbons (Fsp3) is 0.350. The number of fused-ring (bicyclic) bond motifs is 3. The van der Waals surface area contributed by atoms with Crippen molar-refractivity contribution < 1.29 is 0 Å². The average molecular weight is 365 g/mol. The van der Waals surface area contributed by atoms with Gasteiger partial charge in [0.2, 0.25) is 5.78 Å². The topological polar surface area (TPSA) is 66.2 Å². The molecule has 140 valence electrons. The summed E-state index contributed by atoms with van der Waals surface area (Å²) in [4.78, 5) is 30.8. The first-order chi connectivity index (χ1) is 12.8. The Bertz CT molecular complexity index is 1290. The summed E-state index contributed by atoms with van der Waals surface area (Å²) in [5.41, 5.74) is 3.13. The van der Waals surface area contributed by atoms with Crippen LogP contribution in [0.2, 0.25) is 0 Å². The van der Waals surface area contributed by atoms with E-state index in [1.54, 1.807) is 7.05 Å². The first-order valence-electron chi connectivity index (χ1n) is 9.06. The van der Waals surface area contributed by atoms with Crippen molar-refractivity contribution in [3.05, 3.63) is 68.1 Å². The van der Waals surface area contributed by atoms with Crippen LogP contribution in [-0.2, 0) is 13.6 Å². The average Bonchev–Trinajstić information content (AvgIpc) is 3.13. The number of aryl methyl sites for hydroxylation is 2. The van der Waals surface area contributed by atoms with Crippen LogP contribution in [0.25, 0.3) is 16.9 Å². The van der Waals surface area contributed by atoms with Crippen molar-refractivity contribution in [1.29, 1.82) is 0 Å². The Labute approximate surface area is 156 Å². The second-order valence-corrected chi connectivity index (χ2v) is 7.27. The van der Waals surface area contributed by atoms with Gasteiger partial charge in [-0.15, -0.1) is 0 Å². The molecule has 0 N–H and O–H groups in total. The van der Waals surface area contributed by atoms with Gasteiger partial charge in [-0.2, -0.15) is 4.98 Å². The van der Waals surface area contributed by atoms with Gasteiger partial charge in [0.25, 0.3) is 5.56 Å². The van der Waals surface area contributed by atoms with Gasteiger partial charge in [-0.3, -0.25) is 18.3 Å². The predicted octanol–water partition coefficient (Wildman–Crippen LogP) is 2.40. The van der Waals surface area contributed by atoms with Gasteiger partial charge < -0.3 is 4.57 Å². The molecule has 0 amide bonds. The van der Waals surface area contributed by atoms with Gasteiger partial charge in [0.15, 0.2) is 11.2 Å². The first-order valence-corrected chi connectivity index (χ1v) is 9.06. The highest BCUT2D eigenvalue weighted by Gasteiger charge is 2.23. The molecule has 0 atom stereocenters. The molecular weight excluding hydrogens is 342 g/mol. The molecule has 4 aromatic rings. The van der Waals surface area contributed by atoms with E-state index >= 15 is 0 Å². The third kappa shape index (κ3) is 2.38. The summed E-state index contributed by atoms with van der Waals surface area (Å²) in [5.74, 6) is 0.694. The monoisotopic (exact) mass is 365 g/mol. The van der Waals surface area contributed by atoms with E-state index in [1.165, 1.54) is 9.13 Å². The molecule has 0 bridgehead atoms. The Morgan fingerprint density at radius 2 is 1.70 bits per heavy atom. The third-order valence-electron chi connectivity index (χ3n) is 5.26. The molecule has 0 saturated carbocycles. The van der Waals surface area contributed by atoms with Gasteiger partial charge in [-0.1, -0.05) is 30.3 Å². The van der Waals surface area contributed by atoms with E-state index in [9.17, 15) is 9.59 Å². The maximum Gasteiger partial charge on any atom is 0.332 e. The largest absolute Gasteiger partial charge is 0.332 e. The lowest BCUT2D eigenvalue weighted by atomic mass is 10.2. The predicted molar refractivity (Wildman–Crippen MR) is 106 cm³/mol. The molecule has 4 rings (SSSR count). The molecule has 0 fully saturated rings. The van der Waals surface area contributed by atoms with Gasteiger partial charge >= 0.3 is 5.69 Å². The molecule has 3 heterocycles. The summed E-state index contributed by atoms with van der Waals surface area (Å²) in [5, 5.41) is 0. The summed E-state index contributed by atoms with van der Waals surface area (Å²) in [6.45, 7) is 8.41. The molecule has 3 aromatic heterocycles. The standard InChI is InChI=1S/C20H23N5O2/c1-12(2)24-13(3)14(4)25-16-17(21-19(24)25)22(5)20(27)23(18(16)26)11-15-9-7-6-8-10-15/h6-10,12H,11H2,1-5H3. The van der Waals surface area contributed by atoms with Gasteiger partial charge in [0.1, 0.15) is 0 Å². The molecule has 0 saturated heterocycles. The number of aromatic nitrogens is 5. The van der Waals surface area contributed by atoms with Crippen LogP contribution >= 0.6 is 0 Å². The molecular formula is C20H23N5O2. The minimum absolute atomic E-state index is 0.196. The van der Waals surface area contributed by atoms with Crippen LogP contribution in [0.3, 0.4) is 0 Å². The molecule has 1 aromatic carbocycles. The number of hydrogen-bond donors (Lipinski definition) is 0. The third-order valence-corrected chi connectivity index (χ3v) is 5.26. The zero-order chi connectivity index (χ0) is 19.5. The van der Waals surface area contributed by atoms with E-state index in [0.29, 0.717) is 16.9 Å². The van der Waals surface area contributed by atoms with E-state index in [0.717, 1.165) is 17.0 Å². The fourth-order valence-corrected chi connectivity index (χ4v) is 3.80. The van der Waals surface area contributed by atoms with Crippen molar-refractivity contribution in [3.63, 3.8) is 0 Å². The SMILES string of the molecule is Cc1c(C)n2c3c(=O)n(Cc4ccccc4)c(=O)n(C)c3nc2n1C(C)C. The Hall–Kier alpha value is -3.09. The summed E-state index contributed by atoms with van der Waals surface area (Å²) in [6.07, 6.45) is 0. The highest BCUT2D eigenvalue weighted by molar-refractivity contribution is 5.76. The van der Waals surface area contributed by atoms with Crippen LogP contribution < -0.4 is 11.2 Å². The van der Waals surface area contributed by atoms with E-state index in [-0.39, 0.29) is 23.8 Å². The Morgan fingerprint density at radius 3 is 2.33 bits per heavy atom. The van der Waals surface area contributed by atoms with Crippen molar-refractivity contribution in [2.75, 3.05) is 0 Å². The summed E-state index contributed by atoms with van der Waals surface area (Å²) >= 11 is 0. The first kappa shape index (κ1) is 17.3. The number of rotatable bonds is 3. The van der Waals surface area contributed by atoms with Crippen LogP contribution in [0.4, 0.5) is 0 Å². The Balaban J connectivity index is 2.11. The molecule has 0 spiro atoms. The normalized spacial score (nSPS) is 11.9. The molecule has 0 radical (unpaired) electrons. The maximum absolute atomic E-state index is 13.3. The Morgan fingerprint density at radius 1 is 1.04 bits per heavy atom. The quantitative estimate of drug-likeness (QED) is 0.560. The van der Waals surface area contributed by atoms with Crippen LogP contribution in [0.5, 0.6) is 0 Å². The lowest BCUT2D eigenvalue weighted by molar-refractivity contribution is 0.600. The second-order valence-electron chi connectivity index (χ2n) is 7.27. The second kappa shape index (κ2) is 5.97. The van der Waals surface area contributed by atoms with Crippen molar-refractivity contribution in [1.82, 2.24) is 23.1 Å². The van der Waals surface area contributed by atoms with Crippen molar-refractivity contribution in [2.24, 2.45) is 7.05 Å². The molecule has 0 aliphatic heterocycles. The number of nitrogens with zero attached hydrogens (tertiary/aromatic N) is 5. The zero-order valence-corrected chi connectivity index (χ0v) is 16.2. The lowest BCUT2D eigenvalue weighted by Gasteiger charge is -2.10. The highest BCUT2D eigenvalue weighted by Crippen LogP contribution is 2.23. The smallest absolute Gasteiger partial charge is 0.311 e. The molecule has 0 aliphatic carbocycles. The minimum Gasteiger partial charge on any atom is -0.311 e. The molecule has 7 heteroatoms. The molecule has 0 aliphatic rings. The van der Waals surface area contributed by atoms with Gasteiger partial charge in [0.05, 0.1) is 6.54 Å². The van der Waals surface area contributed by atoms with Crippen LogP contribution in [0.15, 0.2) is 39.9 Å². The highest BCUT2D eigenvalue weighted by atomic mass is 16.2. The van der Waals surface area contributed by atoms with E-state index in [1.807, 2.05) is 48.6 Å². The van der Waals surface area contributed by atoms with Crippen molar-refractivity contribution in [2.45, 2.75) is 40.3 Å². The number of benzene rings is 1. The zero-order valence-electron chi connectivity index (χ0n) is 16.2. The fourth-order valence-electron chi connectivity index (χ4n) is 3.80. The Kier molecular flexibility index (Phi) is 3.83. The minimum atomic E-state index is -0.359. The summed E-state index contributed by atoms with van der Waals surface area (Å²) in [7, 11) is 1.67. The van der Waals surface area contributed by atoms with Gasteiger partial charge in [-0.05, 0) is 33.3 Å². The van der Waals surface area contributed by atoms with E-state index in [4.69, 9.17) is 0 Å². The lowest BCUT2D eigenvalue weighted by Crippen LogP contribution is -2.39. The number of hydrogen-bond acceptors (Lipinski definition) is 3. The molecule has 7 nitrogen and oxygen atoms in total. The molecule has 27 heavy (non-hydrogen) atoms. The summed E-state index contributed by atoms with van der Waals surface area (Å²) < 4.78 is 6.73. The van der Waals surface area contributed by atoms with Crippen molar-refractivity contribution >= 4 is 16.9 Å².